The van der Waals surface area contributed by atoms with Gasteiger partial charge in [-0.15, -0.1) is 0 Å². The van der Waals surface area contributed by atoms with Crippen molar-refractivity contribution in [2.45, 2.75) is 58.3 Å². The van der Waals surface area contributed by atoms with Crippen LogP contribution in [0.4, 0.5) is 4.79 Å². The first-order valence-electron chi connectivity index (χ1n) is 8.57. The van der Waals surface area contributed by atoms with Crippen molar-refractivity contribution in [1.29, 1.82) is 0 Å². The molecule has 5 heteroatoms. The van der Waals surface area contributed by atoms with E-state index in [9.17, 15) is 4.79 Å². The van der Waals surface area contributed by atoms with Crippen molar-refractivity contribution >= 4 is 6.09 Å². The van der Waals surface area contributed by atoms with E-state index in [2.05, 4.69) is 11.8 Å². The SMILES string of the molecule is CCC(N)N1CCC(N(C(=O)Oc2ccccc2)C(C)C)CC1. The quantitative estimate of drug-likeness (QED) is 0.906. The molecule has 23 heavy (non-hydrogen) atoms. The van der Waals surface area contributed by atoms with E-state index in [4.69, 9.17) is 10.5 Å². The van der Waals surface area contributed by atoms with E-state index in [1.54, 1.807) is 12.1 Å². The van der Waals surface area contributed by atoms with Crippen molar-refractivity contribution in [2.24, 2.45) is 5.73 Å². The summed E-state index contributed by atoms with van der Waals surface area (Å²) in [5.74, 6) is 0.591. The predicted molar refractivity (Wildman–Crippen MR) is 92.3 cm³/mol. The molecule has 128 valence electrons. The average molecular weight is 319 g/mol. The number of amides is 1. The third-order valence-electron chi connectivity index (χ3n) is 4.50. The van der Waals surface area contributed by atoms with Crippen LogP contribution in [-0.4, -0.2) is 47.2 Å². The third-order valence-corrected chi connectivity index (χ3v) is 4.50. The molecule has 2 rings (SSSR count). The largest absolute Gasteiger partial charge is 0.415 e. The summed E-state index contributed by atoms with van der Waals surface area (Å²) in [7, 11) is 0. The molecule has 1 fully saturated rings. The number of likely N-dealkylation sites (tertiary alicyclic amines) is 1. The van der Waals surface area contributed by atoms with Crippen LogP contribution in [0.5, 0.6) is 5.75 Å². The Labute approximate surface area is 139 Å². The lowest BCUT2D eigenvalue weighted by molar-refractivity contribution is 0.0657. The van der Waals surface area contributed by atoms with Crippen LogP contribution in [-0.2, 0) is 0 Å². The smallest absolute Gasteiger partial charge is 0.410 e. The lowest BCUT2D eigenvalue weighted by Gasteiger charge is -2.41. The van der Waals surface area contributed by atoms with Crippen molar-refractivity contribution in [3.8, 4) is 5.75 Å². The van der Waals surface area contributed by atoms with Crippen LogP contribution in [0.2, 0.25) is 0 Å². The second-order valence-corrected chi connectivity index (χ2v) is 6.42. The number of carbonyl (C=O) groups excluding carboxylic acids is 1. The number of ether oxygens (including phenoxy) is 1. The van der Waals surface area contributed by atoms with Gasteiger partial charge in [-0.05, 0) is 45.2 Å². The Morgan fingerprint density at radius 3 is 2.43 bits per heavy atom. The number of nitrogens with zero attached hydrogens (tertiary/aromatic N) is 2. The molecule has 1 saturated heterocycles. The zero-order chi connectivity index (χ0) is 16.8. The molecule has 0 spiro atoms. The summed E-state index contributed by atoms with van der Waals surface area (Å²) in [5.41, 5.74) is 6.11. The average Bonchev–Trinajstić information content (AvgIpc) is 2.55. The molecule has 1 amide bonds. The molecule has 1 aromatic carbocycles. The molecule has 1 atom stereocenters. The summed E-state index contributed by atoms with van der Waals surface area (Å²) in [6.07, 6.45) is 2.70. The van der Waals surface area contributed by atoms with Crippen LogP contribution in [0.25, 0.3) is 0 Å². The van der Waals surface area contributed by atoms with Crippen LogP contribution in [0.3, 0.4) is 0 Å². The van der Waals surface area contributed by atoms with Crippen molar-refractivity contribution < 1.29 is 9.53 Å². The highest BCUT2D eigenvalue weighted by molar-refractivity contribution is 5.71. The number of piperidine rings is 1. The van der Waals surface area contributed by atoms with E-state index in [0.717, 1.165) is 32.4 Å². The Bertz CT molecular complexity index is 484. The van der Waals surface area contributed by atoms with Gasteiger partial charge in [0.1, 0.15) is 5.75 Å². The third kappa shape index (κ3) is 4.69. The number of hydrogen-bond acceptors (Lipinski definition) is 4. The minimum Gasteiger partial charge on any atom is -0.410 e. The molecule has 1 aliphatic heterocycles. The zero-order valence-corrected chi connectivity index (χ0v) is 14.4. The highest BCUT2D eigenvalue weighted by atomic mass is 16.6. The molecule has 1 unspecified atom stereocenters. The van der Waals surface area contributed by atoms with E-state index in [1.807, 2.05) is 36.9 Å². The molecule has 0 saturated carbocycles. The van der Waals surface area contributed by atoms with Crippen molar-refractivity contribution in [3.05, 3.63) is 30.3 Å². The molecule has 0 aliphatic carbocycles. The van der Waals surface area contributed by atoms with E-state index in [-0.39, 0.29) is 24.3 Å². The summed E-state index contributed by atoms with van der Waals surface area (Å²) in [6.45, 7) is 8.05. The molecule has 2 N–H and O–H groups in total. The fraction of sp³-hybridized carbons (Fsp3) is 0.611. The standard InChI is InChI=1S/C18H29N3O2/c1-4-17(19)20-12-10-15(11-13-20)21(14(2)3)18(22)23-16-8-6-5-7-9-16/h5-9,14-15,17H,4,10-13,19H2,1-3H3. The van der Waals surface area contributed by atoms with Crippen molar-refractivity contribution in [3.63, 3.8) is 0 Å². The summed E-state index contributed by atoms with van der Waals surface area (Å²) in [4.78, 5) is 16.8. The molecular weight excluding hydrogens is 290 g/mol. The monoisotopic (exact) mass is 319 g/mol. The minimum atomic E-state index is -0.260. The molecular formula is C18H29N3O2. The van der Waals surface area contributed by atoms with E-state index < -0.39 is 0 Å². The zero-order valence-electron chi connectivity index (χ0n) is 14.4. The minimum absolute atomic E-state index is 0.114. The van der Waals surface area contributed by atoms with Crippen LogP contribution < -0.4 is 10.5 Å². The highest BCUT2D eigenvalue weighted by Gasteiger charge is 2.32. The first kappa shape index (κ1) is 17.8. The van der Waals surface area contributed by atoms with Crippen molar-refractivity contribution in [2.75, 3.05) is 13.1 Å². The van der Waals surface area contributed by atoms with Crippen LogP contribution in [0.15, 0.2) is 30.3 Å². The molecule has 0 bridgehead atoms. The second kappa shape index (κ2) is 8.31. The fourth-order valence-corrected chi connectivity index (χ4v) is 3.18. The van der Waals surface area contributed by atoms with Gasteiger partial charge in [-0.2, -0.15) is 0 Å². The van der Waals surface area contributed by atoms with E-state index in [1.165, 1.54) is 0 Å². The fourth-order valence-electron chi connectivity index (χ4n) is 3.18. The summed E-state index contributed by atoms with van der Waals surface area (Å²) >= 11 is 0. The topological polar surface area (TPSA) is 58.8 Å². The number of benzene rings is 1. The summed E-state index contributed by atoms with van der Waals surface area (Å²) in [5, 5.41) is 0. The number of carbonyl (C=O) groups is 1. The van der Waals surface area contributed by atoms with Gasteiger partial charge in [-0.1, -0.05) is 25.1 Å². The molecule has 1 aromatic rings. The lowest BCUT2D eigenvalue weighted by Crippen LogP contribution is -2.54. The first-order chi connectivity index (χ1) is 11.0. The van der Waals surface area contributed by atoms with Gasteiger partial charge >= 0.3 is 6.09 Å². The van der Waals surface area contributed by atoms with Crippen LogP contribution >= 0.6 is 0 Å². The Morgan fingerprint density at radius 1 is 1.30 bits per heavy atom. The van der Waals surface area contributed by atoms with Gasteiger partial charge < -0.3 is 15.4 Å². The van der Waals surface area contributed by atoms with Crippen LogP contribution in [0, 0.1) is 0 Å². The second-order valence-electron chi connectivity index (χ2n) is 6.42. The summed E-state index contributed by atoms with van der Waals surface area (Å²) in [6, 6.07) is 9.58. The highest BCUT2D eigenvalue weighted by Crippen LogP contribution is 2.22. The molecule has 0 aromatic heterocycles. The van der Waals surface area contributed by atoms with E-state index in [0.29, 0.717) is 5.75 Å². The van der Waals surface area contributed by atoms with Crippen molar-refractivity contribution in [1.82, 2.24) is 9.80 Å². The molecule has 1 aliphatic rings. The number of para-hydroxylation sites is 1. The Kier molecular flexibility index (Phi) is 6.42. The Balaban J connectivity index is 1.98. The lowest BCUT2D eigenvalue weighted by atomic mass is 10.0. The molecule has 1 heterocycles. The molecule has 0 radical (unpaired) electrons. The Morgan fingerprint density at radius 2 is 1.91 bits per heavy atom. The maximum Gasteiger partial charge on any atom is 0.415 e. The number of nitrogens with two attached hydrogens (primary N) is 1. The van der Waals surface area contributed by atoms with Crippen LogP contribution in [0.1, 0.15) is 40.0 Å². The normalized spacial score (nSPS) is 18.0. The van der Waals surface area contributed by atoms with Gasteiger partial charge in [0.15, 0.2) is 0 Å². The van der Waals surface area contributed by atoms with Gasteiger partial charge in [0, 0.05) is 25.2 Å². The molecule has 5 nitrogen and oxygen atoms in total. The first-order valence-corrected chi connectivity index (χ1v) is 8.57. The maximum absolute atomic E-state index is 12.6. The number of rotatable bonds is 5. The Hall–Kier alpha value is -1.59. The predicted octanol–water partition coefficient (Wildman–Crippen LogP) is 3.06. The van der Waals surface area contributed by atoms with E-state index >= 15 is 0 Å². The van der Waals surface area contributed by atoms with Gasteiger partial charge in [-0.3, -0.25) is 4.90 Å². The van der Waals surface area contributed by atoms with Gasteiger partial charge in [0.2, 0.25) is 0 Å². The van der Waals surface area contributed by atoms with Gasteiger partial charge in [-0.25, -0.2) is 4.79 Å². The van der Waals surface area contributed by atoms with Gasteiger partial charge in [0.05, 0.1) is 6.17 Å². The van der Waals surface area contributed by atoms with Gasteiger partial charge in [0.25, 0.3) is 0 Å². The number of hydrogen-bond donors (Lipinski definition) is 1. The summed E-state index contributed by atoms with van der Waals surface area (Å²) < 4.78 is 5.54. The maximum atomic E-state index is 12.6.